The standard InChI is InChI=1S/C17H19BrO/c1-11-7-8-13-5-3-4-6-14(13)15(11)16(18)17-12(2)9-10-19-17/h3-8,12,16-17H,9-10H2,1-2H3. The molecule has 0 aromatic heterocycles. The average molecular weight is 319 g/mol. The van der Waals surface area contributed by atoms with Gasteiger partial charge < -0.3 is 4.74 Å². The third kappa shape index (κ3) is 2.32. The summed E-state index contributed by atoms with van der Waals surface area (Å²) in [7, 11) is 0. The molecule has 0 bridgehead atoms. The molecular weight excluding hydrogens is 300 g/mol. The molecule has 0 N–H and O–H groups in total. The summed E-state index contributed by atoms with van der Waals surface area (Å²) in [6, 6.07) is 13.0. The molecule has 1 aliphatic rings. The fourth-order valence-corrected chi connectivity index (χ4v) is 4.31. The van der Waals surface area contributed by atoms with E-state index in [-0.39, 0.29) is 10.9 Å². The van der Waals surface area contributed by atoms with Crippen molar-refractivity contribution in [2.45, 2.75) is 31.2 Å². The highest BCUT2D eigenvalue weighted by Crippen LogP contribution is 2.41. The van der Waals surface area contributed by atoms with Crippen LogP contribution in [0.1, 0.15) is 29.3 Å². The van der Waals surface area contributed by atoms with Gasteiger partial charge in [-0.25, -0.2) is 0 Å². The molecule has 1 nitrogen and oxygen atoms in total. The van der Waals surface area contributed by atoms with Gasteiger partial charge in [-0.15, -0.1) is 0 Å². The van der Waals surface area contributed by atoms with E-state index in [1.807, 2.05) is 0 Å². The van der Waals surface area contributed by atoms with Crippen molar-refractivity contribution in [2.75, 3.05) is 6.61 Å². The molecule has 2 heteroatoms. The van der Waals surface area contributed by atoms with Crippen LogP contribution in [0.3, 0.4) is 0 Å². The predicted molar refractivity (Wildman–Crippen MR) is 83.9 cm³/mol. The summed E-state index contributed by atoms with van der Waals surface area (Å²) in [4.78, 5) is 0.274. The van der Waals surface area contributed by atoms with Gasteiger partial charge in [-0.2, -0.15) is 0 Å². The van der Waals surface area contributed by atoms with Crippen LogP contribution >= 0.6 is 15.9 Å². The normalized spacial score (nSPS) is 24.8. The maximum atomic E-state index is 5.94. The van der Waals surface area contributed by atoms with Crippen molar-refractivity contribution < 1.29 is 4.74 Å². The maximum Gasteiger partial charge on any atom is 0.0767 e. The third-order valence-electron chi connectivity index (χ3n) is 4.20. The van der Waals surface area contributed by atoms with Gasteiger partial charge in [0.2, 0.25) is 0 Å². The van der Waals surface area contributed by atoms with Crippen LogP contribution < -0.4 is 0 Å². The van der Waals surface area contributed by atoms with Crippen LogP contribution in [0.25, 0.3) is 10.8 Å². The molecule has 0 spiro atoms. The van der Waals surface area contributed by atoms with E-state index in [0.29, 0.717) is 5.92 Å². The zero-order chi connectivity index (χ0) is 13.4. The van der Waals surface area contributed by atoms with Crippen LogP contribution in [0.2, 0.25) is 0 Å². The third-order valence-corrected chi connectivity index (χ3v) is 5.18. The van der Waals surface area contributed by atoms with Crippen LogP contribution in [0.5, 0.6) is 0 Å². The second-order valence-electron chi connectivity index (χ2n) is 5.52. The number of fused-ring (bicyclic) bond motifs is 1. The highest BCUT2D eigenvalue weighted by atomic mass is 79.9. The Morgan fingerprint density at radius 1 is 1.21 bits per heavy atom. The van der Waals surface area contributed by atoms with Gasteiger partial charge in [0.05, 0.1) is 10.9 Å². The van der Waals surface area contributed by atoms with E-state index in [4.69, 9.17) is 4.74 Å². The Bertz CT molecular complexity index is 593. The first-order valence-electron chi connectivity index (χ1n) is 6.92. The van der Waals surface area contributed by atoms with Crippen LogP contribution in [0.15, 0.2) is 36.4 Å². The number of rotatable bonds is 2. The molecule has 0 saturated carbocycles. The molecule has 3 atom stereocenters. The Balaban J connectivity index is 2.10. The molecular formula is C17H19BrO. The lowest BCUT2D eigenvalue weighted by atomic mass is 9.91. The van der Waals surface area contributed by atoms with Gasteiger partial charge in [-0.3, -0.25) is 0 Å². The molecule has 0 radical (unpaired) electrons. The van der Waals surface area contributed by atoms with E-state index in [1.54, 1.807) is 0 Å². The molecule has 100 valence electrons. The van der Waals surface area contributed by atoms with Crippen LogP contribution in [0.4, 0.5) is 0 Å². The molecule has 3 unspecified atom stereocenters. The van der Waals surface area contributed by atoms with Crippen molar-refractivity contribution in [3.8, 4) is 0 Å². The summed E-state index contributed by atoms with van der Waals surface area (Å²) in [5, 5.41) is 2.64. The highest BCUT2D eigenvalue weighted by Gasteiger charge is 2.32. The summed E-state index contributed by atoms with van der Waals surface area (Å²) >= 11 is 3.90. The fourth-order valence-electron chi connectivity index (χ4n) is 3.03. The topological polar surface area (TPSA) is 9.23 Å². The fraction of sp³-hybridized carbons (Fsp3) is 0.412. The van der Waals surface area contributed by atoms with Gasteiger partial charge in [0.15, 0.2) is 0 Å². The summed E-state index contributed by atoms with van der Waals surface area (Å²) < 4.78 is 5.94. The Hall–Kier alpha value is -0.860. The first kappa shape index (κ1) is 13.1. The average Bonchev–Trinajstić information content (AvgIpc) is 2.84. The quantitative estimate of drug-likeness (QED) is 0.707. The van der Waals surface area contributed by atoms with Crippen LogP contribution in [0, 0.1) is 12.8 Å². The molecule has 19 heavy (non-hydrogen) atoms. The largest absolute Gasteiger partial charge is 0.376 e. The summed E-state index contributed by atoms with van der Waals surface area (Å²) in [6.07, 6.45) is 1.45. The minimum Gasteiger partial charge on any atom is -0.376 e. The lowest BCUT2D eigenvalue weighted by molar-refractivity contribution is 0.0936. The van der Waals surface area contributed by atoms with Crippen molar-refractivity contribution in [3.63, 3.8) is 0 Å². The Labute approximate surface area is 123 Å². The summed E-state index contributed by atoms with van der Waals surface area (Å²) in [6.45, 7) is 5.36. The molecule has 1 aliphatic heterocycles. The van der Waals surface area contributed by atoms with E-state index < -0.39 is 0 Å². The molecule has 1 saturated heterocycles. The molecule has 3 rings (SSSR count). The molecule has 1 fully saturated rings. The molecule has 2 aromatic rings. The molecule has 2 aromatic carbocycles. The van der Waals surface area contributed by atoms with Gasteiger partial charge >= 0.3 is 0 Å². The van der Waals surface area contributed by atoms with E-state index in [2.05, 4.69) is 66.2 Å². The van der Waals surface area contributed by atoms with E-state index in [0.717, 1.165) is 13.0 Å². The van der Waals surface area contributed by atoms with Crippen molar-refractivity contribution in [3.05, 3.63) is 47.5 Å². The minimum absolute atomic E-state index is 0.274. The minimum atomic E-state index is 0.274. The summed E-state index contributed by atoms with van der Waals surface area (Å²) in [5.41, 5.74) is 2.72. The number of aryl methyl sites for hydroxylation is 1. The molecule has 0 aliphatic carbocycles. The van der Waals surface area contributed by atoms with Gasteiger partial charge in [-0.1, -0.05) is 59.3 Å². The maximum absolute atomic E-state index is 5.94. The van der Waals surface area contributed by atoms with Gasteiger partial charge in [0.25, 0.3) is 0 Å². The first-order chi connectivity index (χ1) is 9.18. The van der Waals surface area contributed by atoms with Gasteiger partial charge in [0, 0.05) is 6.61 Å². The lowest BCUT2D eigenvalue weighted by Crippen LogP contribution is -2.20. The van der Waals surface area contributed by atoms with E-state index >= 15 is 0 Å². The van der Waals surface area contributed by atoms with Crippen molar-refractivity contribution in [1.82, 2.24) is 0 Å². The Morgan fingerprint density at radius 3 is 2.74 bits per heavy atom. The molecule has 1 heterocycles. The van der Waals surface area contributed by atoms with Crippen molar-refractivity contribution in [2.24, 2.45) is 5.92 Å². The van der Waals surface area contributed by atoms with Crippen LogP contribution in [-0.2, 0) is 4.74 Å². The van der Waals surface area contributed by atoms with Gasteiger partial charge in [-0.05, 0) is 41.2 Å². The van der Waals surface area contributed by atoms with Crippen molar-refractivity contribution in [1.29, 1.82) is 0 Å². The predicted octanol–water partition coefficient (Wildman–Crippen LogP) is 5.01. The zero-order valence-electron chi connectivity index (χ0n) is 11.4. The van der Waals surface area contributed by atoms with Gasteiger partial charge in [0.1, 0.15) is 0 Å². The van der Waals surface area contributed by atoms with E-state index in [1.165, 1.54) is 21.9 Å². The number of ether oxygens (including phenoxy) is 1. The zero-order valence-corrected chi connectivity index (χ0v) is 13.0. The SMILES string of the molecule is Cc1ccc2ccccc2c1C(Br)C1OCCC1C. The Kier molecular flexibility index (Phi) is 3.64. The lowest BCUT2D eigenvalue weighted by Gasteiger charge is -2.24. The second-order valence-corrected chi connectivity index (χ2v) is 6.51. The number of benzene rings is 2. The number of halogens is 1. The monoisotopic (exact) mass is 318 g/mol. The number of hydrogen-bond donors (Lipinski definition) is 0. The number of alkyl halides is 1. The Morgan fingerprint density at radius 2 is 2.00 bits per heavy atom. The second kappa shape index (κ2) is 5.26. The molecule has 0 amide bonds. The summed E-state index contributed by atoms with van der Waals surface area (Å²) in [5.74, 6) is 0.614. The highest BCUT2D eigenvalue weighted by molar-refractivity contribution is 9.09. The van der Waals surface area contributed by atoms with Crippen LogP contribution in [-0.4, -0.2) is 12.7 Å². The first-order valence-corrected chi connectivity index (χ1v) is 7.84. The van der Waals surface area contributed by atoms with E-state index in [9.17, 15) is 0 Å². The van der Waals surface area contributed by atoms with Crippen molar-refractivity contribution >= 4 is 26.7 Å². The smallest absolute Gasteiger partial charge is 0.0767 e. The number of hydrogen-bond acceptors (Lipinski definition) is 1.